The van der Waals surface area contributed by atoms with Crippen LogP contribution in [0.1, 0.15) is 48.9 Å². The lowest BCUT2D eigenvalue weighted by atomic mass is 9.80. The fourth-order valence-corrected chi connectivity index (χ4v) is 5.75. The summed E-state index contributed by atoms with van der Waals surface area (Å²) in [7, 11) is -3.48. The molecule has 2 fully saturated rings. The number of benzene rings is 1. The molecule has 0 bridgehead atoms. The molecule has 2 aromatic rings. The first-order chi connectivity index (χ1) is 17.1. The fourth-order valence-electron chi connectivity index (χ4n) is 4.85. The van der Waals surface area contributed by atoms with Gasteiger partial charge in [0.1, 0.15) is 11.8 Å². The number of Topliss-reactive ketones (excluding diaryl/α,β-unsaturated/α-hetero) is 1. The number of nitrogens with one attached hydrogen (secondary N) is 2. The van der Waals surface area contributed by atoms with Crippen LogP contribution in [0.25, 0.3) is 0 Å². The molecule has 1 aliphatic carbocycles. The van der Waals surface area contributed by atoms with E-state index in [1.54, 1.807) is 23.1 Å². The van der Waals surface area contributed by atoms with Crippen LogP contribution >= 0.6 is 0 Å². The van der Waals surface area contributed by atoms with E-state index < -0.39 is 38.9 Å². The molecule has 1 saturated heterocycles. The van der Waals surface area contributed by atoms with Gasteiger partial charge in [-0.05, 0) is 37.5 Å². The topological polar surface area (TPSA) is 143 Å². The highest BCUT2D eigenvalue weighted by Crippen LogP contribution is 2.30. The van der Waals surface area contributed by atoms with Crippen molar-refractivity contribution >= 4 is 33.1 Å². The average Bonchev–Trinajstić information content (AvgIpc) is 2.85. The van der Waals surface area contributed by atoms with Crippen molar-refractivity contribution in [1.82, 2.24) is 10.6 Å². The Morgan fingerprint density at radius 2 is 1.78 bits per heavy atom. The van der Waals surface area contributed by atoms with Gasteiger partial charge in [0.15, 0.2) is 15.6 Å². The largest absolute Gasteiger partial charge is 0.430 e. The van der Waals surface area contributed by atoms with Gasteiger partial charge in [0.25, 0.3) is 5.91 Å². The number of hydrogen-bond donors (Lipinski definition) is 2. The number of amides is 2. The maximum atomic E-state index is 13.4. The summed E-state index contributed by atoms with van der Waals surface area (Å²) >= 11 is 0. The van der Waals surface area contributed by atoms with Gasteiger partial charge in [-0.2, -0.15) is 0 Å². The minimum Gasteiger partial charge on any atom is -0.430 e. The molecule has 2 N–H and O–H groups in total. The Kier molecular flexibility index (Phi) is 7.30. The zero-order chi connectivity index (χ0) is 25.9. The van der Waals surface area contributed by atoms with Gasteiger partial charge in [-0.25, -0.2) is 13.2 Å². The summed E-state index contributed by atoms with van der Waals surface area (Å²) < 4.78 is 29.1. The van der Waals surface area contributed by atoms with E-state index in [0.717, 1.165) is 37.8 Å². The SMILES string of the molecule is CS(=O)(=O)c1ccccc1N1CCC(NC(=O)C2(NC(=O)c3ccc(=O)oc3)CCCCC2)C(=O)C1. The van der Waals surface area contributed by atoms with Crippen molar-refractivity contribution < 1.29 is 27.2 Å². The zero-order valence-corrected chi connectivity index (χ0v) is 20.8. The Morgan fingerprint density at radius 3 is 2.42 bits per heavy atom. The van der Waals surface area contributed by atoms with E-state index in [0.29, 0.717) is 31.5 Å². The average molecular weight is 516 g/mol. The molecule has 1 unspecified atom stereocenters. The number of hydrogen-bond acceptors (Lipinski definition) is 8. The summed E-state index contributed by atoms with van der Waals surface area (Å²) in [6.45, 7) is 0.339. The molecule has 2 aliphatic rings. The van der Waals surface area contributed by atoms with Crippen LogP contribution in [-0.4, -0.2) is 56.9 Å². The van der Waals surface area contributed by atoms with Gasteiger partial charge in [-0.15, -0.1) is 0 Å². The lowest BCUT2D eigenvalue weighted by molar-refractivity contribution is -0.133. The first kappa shape index (κ1) is 25.6. The van der Waals surface area contributed by atoms with Crippen molar-refractivity contribution in [2.24, 2.45) is 0 Å². The minimum atomic E-state index is -3.48. The number of para-hydroxylation sites is 1. The number of sulfone groups is 1. The van der Waals surface area contributed by atoms with Crippen LogP contribution in [0, 0.1) is 0 Å². The number of nitrogens with zero attached hydrogens (tertiary/aromatic N) is 1. The van der Waals surface area contributed by atoms with Crippen LogP contribution in [0.4, 0.5) is 5.69 Å². The van der Waals surface area contributed by atoms with Gasteiger partial charge in [-0.1, -0.05) is 31.4 Å². The zero-order valence-electron chi connectivity index (χ0n) is 20.0. The van der Waals surface area contributed by atoms with Crippen LogP contribution in [0.5, 0.6) is 0 Å². The Morgan fingerprint density at radius 1 is 1.06 bits per heavy atom. The second-order valence-electron chi connectivity index (χ2n) is 9.38. The second-order valence-corrected chi connectivity index (χ2v) is 11.4. The molecule has 1 aromatic heterocycles. The number of piperidine rings is 1. The summed E-state index contributed by atoms with van der Waals surface area (Å²) in [5.74, 6) is -1.19. The molecule has 1 aliphatic heterocycles. The van der Waals surface area contributed by atoms with Crippen LogP contribution < -0.4 is 21.2 Å². The van der Waals surface area contributed by atoms with Gasteiger partial charge in [0.05, 0.1) is 28.7 Å². The molecule has 2 amide bonds. The maximum Gasteiger partial charge on any atom is 0.335 e. The summed E-state index contributed by atoms with van der Waals surface area (Å²) in [6, 6.07) is 8.26. The Hall–Kier alpha value is -3.47. The van der Waals surface area contributed by atoms with Gasteiger partial charge in [0.2, 0.25) is 5.91 Å². The van der Waals surface area contributed by atoms with Crippen LogP contribution in [0.15, 0.2) is 56.8 Å². The monoisotopic (exact) mass is 515 g/mol. The van der Waals surface area contributed by atoms with Gasteiger partial charge >= 0.3 is 5.63 Å². The van der Waals surface area contributed by atoms with Gasteiger partial charge in [0, 0.05) is 18.9 Å². The maximum absolute atomic E-state index is 13.4. The molecule has 1 aromatic carbocycles. The van der Waals surface area contributed by atoms with E-state index >= 15 is 0 Å². The third-order valence-corrected chi connectivity index (χ3v) is 7.94. The highest BCUT2D eigenvalue weighted by Gasteiger charge is 2.43. The predicted molar refractivity (Wildman–Crippen MR) is 132 cm³/mol. The molecule has 36 heavy (non-hydrogen) atoms. The molecular formula is C25H29N3O7S. The minimum absolute atomic E-state index is 0.0418. The van der Waals surface area contributed by atoms with Gasteiger partial charge < -0.3 is 20.0 Å². The van der Waals surface area contributed by atoms with Crippen LogP contribution in [-0.2, 0) is 19.4 Å². The molecule has 0 radical (unpaired) electrons. The predicted octanol–water partition coefficient (Wildman–Crippen LogP) is 1.44. The van der Waals surface area contributed by atoms with Crippen molar-refractivity contribution in [3.63, 3.8) is 0 Å². The van der Waals surface area contributed by atoms with Crippen molar-refractivity contribution in [2.75, 3.05) is 24.2 Å². The Labute approximate surface area is 209 Å². The van der Waals surface area contributed by atoms with Crippen molar-refractivity contribution in [3.8, 4) is 0 Å². The molecule has 1 atom stereocenters. The summed E-state index contributed by atoms with van der Waals surface area (Å²) in [5.41, 5.74) is -1.17. The van der Waals surface area contributed by atoms with E-state index in [1.807, 2.05) is 0 Å². The van der Waals surface area contributed by atoms with Crippen molar-refractivity contribution in [3.05, 3.63) is 58.6 Å². The molecule has 1 saturated carbocycles. The fraction of sp³-hybridized carbons (Fsp3) is 0.440. The number of carbonyl (C=O) groups excluding carboxylic acids is 3. The molecule has 0 spiro atoms. The first-order valence-electron chi connectivity index (χ1n) is 11.9. The molecule has 192 valence electrons. The Balaban J connectivity index is 1.47. The van der Waals surface area contributed by atoms with Crippen molar-refractivity contribution in [2.45, 2.75) is 55.0 Å². The van der Waals surface area contributed by atoms with E-state index in [1.165, 1.54) is 12.1 Å². The van der Waals surface area contributed by atoms with Crippen LogP contribution in [0.3, 0.4) is 0 Å². The molecule has 4 rings (SSSR count). The molecule has 11 heteroatoms. The third-order valence-electron chi connectivity index (χ3n) is 6.79. The number of anilines is 1. The second kappa shape index (κ2) is 10.3. The van der Waals surface area contributed by atoms with E-state index in [9.17, 15) is 27.6 Å². The molecule has 10 nitrogen and oxygen atoms in total. The molecule has 2 heterocycles. The number of rotatable bonds is 6. The summed E-state index contributed by atoms with van der Waals surface area (Å²) in [5, 5.41) is 5.67. The van der Waals surface area contributed by atoms with Gasteiger partial charge in [-0.3, -0.25) is 14.4 Å². The highest BCUT2D eigenvalue weighted by atomic mass is 32.2. The van der Waals surface area contributed by atoms with E-state index in [2.05, 4.69) is 10.6 Å². The highest BCUT2D eigenvalue weighted by molar-refractivity contribution is 7.90. The van der Waals surface area contributed by atoms with Crippen LogP contribution in [0.2, 0.25) is 0 Å². The number of carbonyl (C=O) groups is 3. The quantitative estimate of drug-likeness (QED) is 0.588. The molecular weight excluding hydrogens is 486 g/mol. The first-order valence-corrected chi connectivity index (χ1v) is 13.8. The lowest BCUT2D eigenvalue weighted by Gasteiger charge is -2.39. The summed E-state index contributed by atoms with van der Waals surface area (Å²) in [4.78, 5) is 52.4. The van der Waals surface area contributed by atoms with Crippen molar-refractivity contribution in [1.29, 1.82) is 0 Å². The smallest absolute Gasteiger partial charge is 0.335 e. The Bertz CT molecular complexity index is 1310. The lowest BCUT2D eigenvalue weighted by Crippen LogP contribution is -2.63. The normalized spacial score (nSPS) is 20.0. The van der Waals surface area contributed by atoms with E-state index in [4.69, 9.17) is 4.42 Å². The third kappa shape index (κ3) is 5.51. The number of ketones is 1. The standard InChI is InChI=1S/C25H29N3O7S/c1-36(33,34)21-8-4-3-7-19(21)28-14-11-18(20(29)15-28)26-24(32)25(12-5-2-6-13-25)27-23(31)17-9-10-22(30)35-16-17/h3-4,7-10,16,18H,2,5-6,11-15H2,1H3,(H,26,32)(H,27,31). The summed E-state index contributed by atoms with van der Waals surface area (Å²) in [6.07, 6.45) is 5.75. The van der Waals surface area contributed by atoms with E-state index in [-0.39, 0.29) is 22.8 Å².